The Morgan fingerprint density at radius 3 is 2.50 bits per heavy atom. The van der Waals surface area contributed by atoms with Crippen LogP contribution in [-0.2, 0) is 4.79 Å². The van der Waals surface area contributed by atoms with Gasteiger partial charge < -0.3 is 10.2 Å². The molecule has 0 saturated heterocycles. The van der Waals surface area contributed by atoms with Gasteiger partial charge in [0.15, 0.2) is 5.78 Å². The molecule has 0 bridgehead atoms. The van der Waals surface area contributed by atoms with E-state index >= 15 is 0 Å². The summed E-state index contributed by atoms with van der Waals surface area (Å²) in [6.07, 6.45) is 4.99. The minimum absolute atomic E-state index is 0.125. The van der Waals surface area contributed by atoms with E-state index in [9.17, 15) is 9.59 Å². The molecule has 3 rings (SSSR count). The fourth-order valence-electron chi connectivity index (χ4n) is 2.78. The number of benzene rings is 2. The number of amides is 2. The second-order valence-corrected chi connectivity index (χ2v) is 6.83. The summed E-state index contributed by atoms with van der Waals surface area (Å²) in [5.74, 6) is -0.125. The first-order valence-corrected chi connectivity index (χ1v) is 9.19. The van der Waals surface area contributed by atoms with Gasteiger partial charge in [0.1, 0.15) is 0 Å². The van der Waals surface area contributed by atoms with Crippen LogP contribution in [0.3, 0.4) is 0 Å². The monoisotopic (exact) mass is 410 g/mol. The lowest BCUT2D eigenvalue weighted by Gasteiger charge is -2.31. The van der Waals surface area contributed by atoms with Crippen molar-refractivity contribution >= 4 is 33.8 Å². The van der Waals surface area contributed by atoms with Crippen LogP contribution in [0.5, 0.6) is 0 Å². The second-order valence-electron chi connectivity index (χ2n) is 5.91. The lowest BCUT2D eigenvalue weighted by Crippen LogP contribution is -2.44. The molecule has 4 nitrogen and oxygen atoms in total. The van der Waals surface area contributed by atoms with Gasteiger partial charge in [-0.15, -0.1) is 0 Å². The molecule has 0 saturated carbocycles. The van der Waals surface area contributed by atoms with Gasteiger partial charge in [0.25, 0.3) is 0 Å². The highest BCUT2D eigenvalue weighted by atomic mass is 79.9. The molecule has 0 fully saturated rings. The zero-order chi connectivity index (χ0) is 18.5. The Bertz CT molecular complexity index is 857. The van der Waals surface area contributed by atoms with Crippen LogP contribution < -0.4 is 5.32 Å². The molecule has 132 valence electrons. The van der Waals surface area contributed by atoms with Crippen molar-refractivity contribution in [2.75, 3.05) is 6.54 Å². The van der Waals surface area contributed by atoms with Gasteiger partial charge in [-0.2, -0.15) is 0 Å². The second kappa shape index (κ2) is 8.15. The van der Waals surface area contributed by atoms with Crippen LogP contribution >= 0.6 is 15.9 Å². The fraction of sp³-hybridized carbons (Fsp3) is 0.143. The number of nitrogens with one attached hydrogen (secondary N) is 1. The largest absolute Gasteiger partial charge is 0.327 e. The Labute approximate surface area is 161 Å². The van der Waals surface area contributed by atoms with Crippen LogP contribution in [0.1, 0.15) is 24.1 Å². The molecule has 1 aliphatic heterocycles. The number of ketones is 1. The third-order valence-corrected chi connectivity index (χ3v) is 4.72. The summed E-state index contributed by atoms with van der Waals surface area (Å²) in [6, 6.07) is 16.6. The van der Waals surface area contributed by atoms with Crippen molar-refractivity contribution in [1.29, 1.82) is 0 Å². The third-order valence-electron chi connectivity index (χ3n) is 4.19. The molecule has 5 heteroatoms. The first kappa shape index (κ1) is 18.1. The van der Waals surface area contributed by atoms with E-state index in [4.69, 9.17) is 0 Å². The predicted octanol–water partition coefficient (Wildman–Crippen LogP) is 4.70. The van der Waals surface area contributed by atoms with E-state index in [1.807, 2.05) is 61.5 Å². The normalized spacial score (nSPS) is 17.2. The number of carbonyl (C=O) groups excluding carboxylic acids is 2. The lowest BCUT2D eigenvalue weighted by molar-refractivity contribution is -0.111. The summed E-state index contributed by atoms with van der Waals surface area (Å²) in [7, 11) is 0. The molecule has 1 heterocycles. The standard InChI is InChI=1S/C21H19BrN2O2/c1-2-24-14-18(19(25)13-10-15-8-11-17(22)12-9-15)20(23-21(24)26)16-6-4-3-5-7-16/h3-14,20H,2H2,1H3,(H,23,26)/b13-10+. The van der Waals surface area contributed by atoms with Gasteiger partial charge in [0.05, 0.1) is 6.04 Å². The molecule has 2 aromatic carbocycles. The van der Waals surface area contributed by atoms with Crippen LogP contribution in [0, 0.1) is 0 Å². The van der Waals surface area contributed by atoms with Crippen LogP contribution in [0.25, 0.3) is 6.08 Å². The van der Waals surface area contributed by atoms with E-state index < -0.39 is 6.04 Å². The third kappa shape index (κ3) is 4.11. The summed E-state index contributed by atoms with van der Waals surface area (Å²) >= 11 is 3.40. The number of urea groups is 1. The average molecular weight is 411 g/mol. The number of rotatable bonds is 5. The Balaban J connectivity index is 1.90. The van der Waals surface area contributed by atoms with Crippen molar-refractivity contribution in [3.8, 4) is 0 Å². The summed E-state index contributed by atoms with van der Waals surface area (Å²) in [6.45, 7) is 2.37. The maximum absolute atomic E-state index is 12.8. The Hall–Kier alpha value is -2.66. The van der Waals surface area contributed by atoms with Crippen molar-refractivity contribution in [2.24, 2.45) is 0 Å². The van der Waals surface area contributed by atoms with Crippen molar-refractivity contribution in [3.63, 3.8) is 0 Å². The van der Waals surface area contributed by atoms with Gasteiger partial charge >= 0.3 is 6.03 Å². The van der Waals surface area contributed by atoms with Gasteiger partial charge in [-0.25, -0.2) is 4.79 Å². The molecule has 0 aliphatic carbocycles. The van der Waals surface area contributed by atoms with Crippen LogP contribution in [0.2, 0.25) is 0 Å². The van der Waals surface area contributed by atoms with Crippen LogP contribution in [0.15, 0.2) is 76.9 Å². The average Bonchev–Trinajstić information content (AvgIpc) is 2.67. The summed E-state index contributed by atoms with van der Waals surface area (Å²) in [5, 5.41) is 2.93. The van der Waals surface area contributed by atoms with Gasteiger partial charge in [0.2, 0.25) is 0 Å². The number of halogens is 1. The number of carbonyl (C=O) groups is 2. The molecule has 0 spiro atoms. The maximum Gasteiger partial charge on any atom is 0.322 e. The van der Waals surface area contributed by atoms with Gasteiger partial charge in [-0.05, 0) is 36.3 Å². The zero-order valence-corrected chi connectivity index (χ0v) is 15.9. The van der Waals surface area contributed by atoms with Gasteiger partial charge in [-0.1, -0.05) is 64.5 Å². The van der Waals surface area contributed by atoms with E-state index in [0.29, 0.717) is 12.1 Å². The number of allylic oxidation sites excluding steroid dienone is 1. The molecule has 0 aromatic heterocycles. The Kier molecular flexibility index (Phi) is 5.68. The fourth-order valence-corrected chi connectivity index (χ4v) is 3.04. The smallest absolute Gasteiger partial charge is 0.322 e. The number of hydrogen-bond donors (Lipinski definition) is 1. The molecule has 1 atom stereocenters. The van der Waals surface area contributed by atoms with E-state index in [1.54, 1.807) is 18.4 Å². The SMILES string of the molecule is CCN1C=C(C(=O)/C=C/c2ccc(Br)cc2)C(c2ccccc2)NC1=O. The van der Waals surface area contributed by atoms with Crippen molar-refractivity contribution in [1.82, 2.24) is 10.2 Å². The van der Waals surface area contributed by atoms with Crippen LogP contribution in [-0.4, -0.2) is 23.3 Å². The molecule has 26 heavy (non-hydrogen) atoms. The van der Waals surface area contributed by atoms with Crippen molar-refractivity contribution < 1.29 is 9.59 Å². The van der Waals surface area contributed by atoms with Gasteiger partial charge in [0, 0.05) is 22.8 Å². The highest BCUT2D eigenvalue weighted by Gasteiger charge is 2.30. The highest BCUT2D eigenvalue weighted by Crippen LogP contribution is 2.27. The summed E-state index contributed by atoms with van der Waals surface area (Å²) in [4.78, 5) is 26.6. The van der Waals surface area contributed by atoms with Crippen molar-refractivity contribution in [2.45, 2.75) is 13.0 Å². The molecule has 1 N–H and O–H groups in total. The van der Waals surface area contributed by atoms with Gasteiger partial charge in [-0.3, -0.25) is 4.79 Å². The minimum atomic E-state index is -0.450. The molecule has 2 aromatic rings. The van der Waals surface area contributed by atoms with E-state index in [1.165, 1.54) is 4.90 Å². The van der Waals surface area contributed by atoms with Crippen molar-refractivity contribution in [3.05, 3.63) is 88.0 Å². The molecule has 1 unspecified atom stereocenters. The molecule has 1 aliphatic rings. The Morgan fingerprint density at radius 2 is 1.85 bits per heavy atom. The zero-order valence-electron chi connectivity index (χ0n) is 14.4. The van der Waals surface area contributed by atoms with E-state index in [2.05, 4.69) is 21.2 Å². The number of nitrogens with zero attached hydrogens (tertiary/aromatic N) is 1. The van der Waals surface area contributed by atoms with E-state index in [-0.39, 0.29) is 11.8 Å². The maximum atomic E-state index is 12.8. The first-order valence-electron chi connectivity index (χ1n) is 8.40. The predicted molar refractivity (Wildman–Crippen MR) is 106 cm³/mol. The molecular weight excluding hydrogens is 392 g/mol. The summed E-state index contributed by atoms with van der Waals surface area (Å²) in [5.41, 5.74) is 2.37. The quantitative estimate of drug-likeness (QED) is 0.725. The van der Waals surface area contributed by atoms with Crippen LogP contribution in [0.4, 0.5) is 4.79 Å². The minimum Gasteiger partial charge on any atom is -0.327 e. The Morgan fingerprint density at radius 1 is 1.15 bits per heavy atom. The molecular formula is C21H19BrN2O2. The molecule has 0 radical (unpaired) electrons. The topological polar surface area (TPSA) is 49.4 Å². The molecule has 2 amide bonds. The lowest BCUT2D eigenvalue weighted by atomic mass is 9.94. The van der Waals surface area contributed by atoms with E-state index in [0.717, 1.165) is 15.6 Å². The first-order chi connectivity index (χ1) is 12.6. The number of hydrogen-bond acceptors (Lipinski definition) is 2. The summed E-state index contributed by atoms with van der Waals surface area (Å²) < 4.78 is 0.987. The highest BCUT2D eigenvalue weighted by molar-refractivity contribution is 9.10.